The van der Waals surface area contributed by atoms with Gasteiger partial charge in [0.15, 0.2) is 0 Å². The van der Waals surface area contributed by atoms with Crippen LogP contribution in [-0.2, 0) is 13.1 Å². The molecule has 0 fully saturated rings. The van der Waals surface area contributed by atoms with Crippen molar-refractivity contribution in [1.82, 2.24) is 9.88 Å². The van der Waals surface area contributed by atoms with E-state index in [1.54, 1.807) is 15.9 Å². The number of hydrogen-bond acceptors (Lipinski definition) is 4. The molecule has 0 atom stereocenters. The van der Waals surface area contributed by atoms with Crippen LogP contribution in [0.15, 0.2) is 34.6 Å². The predicted octanol–water partition coefficient (Wildman–Crippen LogP) is 4.02. The van der Waals surface area contributed by atoms with Crippen molar-refractivity contribution in [2.24, 2.45) is 5.92 Å². The van der Waals surface area contributed by atoms with Crippen LogP contribution in [0.4, 0.5) is 0 Å². The van der Waals surface area contributed by atoms with Gasteiger partial charge in [-0.05, 0) is 30.4 Å². The first kappa shape index (κ1) is 16.9. The summed E-state index contributed by atoms with van der Waals surface area (Å²) in [6.45, 7) is 7.19. The fourth-order valence-corrected chi connectivity index (χ4v) is 4.44. The van der Waals surface area contributed by atoms with Crippen LogP contribution in [0, 0.1) is 12.8 Å². The van der Waals surface area contributed by atoms with Crippen LogP contribution < -0.4 is 10.9 Å². The first-order valence-electron chi connectivity index (χ1n) is 7.90. The molecule has 0 radical (unpaired) electrons. The van der Waals surface area contributed by atoms with Crippen LogP contribution in [0.25, 0.3) is 10.1 Å². The predicted molar refractivity (Wildman–Crippen MR) is 101 cm³/mol. The highest BCUT2D eigenvalue weighted by Gasteiger charge is 2.20. The van der Waals surface area contributed by atoms with E-state index in [4.69, 9.17) is 0 Å². The van der Waals surface area contributed by atoms with Gasteiger partial charge < -0.3 is 9.88 Å². The Bertz CT molecular complexity index is 921. The number of hydrogen-bond donors (Lipinski definition) is 1. The highest BCUT2D eigenvalue weighted by atomic mass is 32.1. The molecule has 0 aliphatic heterocycles. The second-order valence-corrected chi connectivity index (χ2v) is 8.49. The number of rotatable bonds is 5. The number of aryl methyl sites for hydroxylation is 1. The Labute approximate surface area is 148 Å². The second kappa shape index (κ2) is 6.91. The molecule has 126 valence electrons. The van der Waals surface area contributed by atoms with E-state index in [1.165, 1.54) is 11.3 Å². The molecule has 0 saturated carbocycles. The molecule has 3 aromatic rings. The topological polar surface area (TPSA) is 51.1 Å². The van der Waals surface area contributed by atoms with Crippen molar-refractivity contribution in [1.29, 1.82) is 0 Å². The Hall–Kier alpha value is -1.92. The van der Waals surface area contributed by atoms with Crippen LogP contribution in [-0.4, -0.2) is 10.5 Å². The number of nitrogens with zero attached hydrogens (tertiary/aromatic N) is 1. The minimum absolute atomic E-state index is 0.0770. The van der Waals surface area contributed by atoms with Crippen molar-refractivity contribution in [3.05, 3.63) is 55.4 Å². The van der Waals surface area contributed by atoms with Crippen LogP contribution in [0.1, 0.15) is 34.0 Å². The van der Waals surface area contributed by atoms with Crippen molar-refractivity contribution in [3.8, 4) is 0 Å². The summed E-state index contributed by atoms with van der Waals surface area (Å²) >= 11 is 3.11. The van der Waals surface area contributed by atoms with E-state index in [-0.39, 0.29) is 11.5 Å². The summed E-state index contributed by atoms with van der Waals surface area (Å²) in [6, 6.07) is 5.88. The molecule has 0 bridgehead atoms. The highest BCUT2D eigenvalue weighted by molar-refractivity contribution is 7.19. The van der Waals surface area contributed by atoms with Crippen LogP contribution in [0.5, 0.6) is 0 Å². The third-order valence-corrected chi connectivity index (χ3v) is 5.73. The average molecular weight is 361 g/mol. The highest BCUT2D eigenvalue weighted by Crippen LogP contribution is 2.28. The molecule has 0 aliphatic carbocycles. The van der Waals surface area contributed by atoms with Gasteiger partial charge in [-0.25, -0.2) is 0 Å². The van der Waals surface area contributed by atoms with Crippen molar-refractivity contribution in [2.45, 2.75) is 33.9 Å². The zero-order valence-corrected chi connectivity index (χ0v) is 15.6. The summed E-state index contributed by atoms with van der Waals surface area (Å²) < 4.78 is 2.58. The van der Waals surface area contributed by atoms with Crippen LogP contribution in [0.3, 0.4) is 0 Å². The summed E-state index contributed by atoms with van der Waals surface area (Å²) in [5, 5.41) is 5.47. The Morgan fingerprint density at radius 2 is 2.12 bits per heavy atom. The molecule has 1 N–H and O–H groups in total. The maximum absolute atomic E-state index is 12.8. The lowest BCUT2D eigenvalue weighted by Crippen LogP contribution is -2.26. The number of aromatic nitrogens is 1. The Kier molecular flexibility index (Phi) is 4.87. The Balaban J connectivity index is 1.98. The van der Waals surface area contributed by atoms with E-state index in [0.29, 0.717) is 30.0 Å². The number of nitrogens with one attached hydrogen (secondary N) is 1. The van der Waals surface area contributed by atoms with Gasteiger partial charge in [-0.1, -0.05) is 19.9 Å². The lowest BCUT2D eigenvalue weighted by atomic mass is 10.1. The number of amides is 1. The molecule has 0 unspecified atom stereocenters. The van der Waals surface area contributed by atoms with Crippen molar-refractivity contribution >= 4 is 38.7 Å². The molecule has 1 amide bonds. The fourth-order valence-electron chi connectivity index (χ4n) is 2.74. The van der Waals surface area contributed by atoms with Crippen molar-refractivity contribution < 1.29 is 4.79 Å². The van der Waals surface area contributed by atoms with Gasteiger partial charge in [0, 0.05) is 27.2 Å². The summed E-state index contributed by atoms with van der Waals surface area (Å²) in [4.78, 5) is 27.5. The van der Waals surface area contributed by atoms with E-state index in [1.807, 2.05) is 36.7 Å². The summed E-state index contributed by atoms with van der Waals surface area (Å²) in [5.74, 6) is 0.197. The molecule has 0 spiro atoms. The zero-order valence-electron chi connectivity index (χ0n) is 14.0. The first-order valence-corrected chi connectivity index (χ1v) is 9.60. The first-order chi connectivity index (χ1) is 11.5. The molecule has 3 heterocycles. The second-order valence-electron chi connectivity index (χ2n) is 6.20. The van der Waals surface area contributed by atoms with Crippen molar-refractivity contribution in [3.63, 3.8) is 0 Å². The van der Waals surface area contributed by atoms with Gasteiger partial charge in [0.25, 0.3) is 11.5 Å². The molecule has 3 rings (SSSR count). The summed E-state index contributed by atoms with van der Waals surface area (Å²) in [5.41, 5.74) is 0.446. The largest absolute Gasteiger partial charge is 0.347 e. The smallest absolute Gasteiger partial charge is 0.260 e. The van der Waals surface area contributed by atoms with E-state index < -0.39 is 0 Å². The maximum atomic E-state index is 12.8. The molecule has 0 aliphatic rings. The zero-order chi connectivity index (χ0) is 17.3. The SMILES string of the molecule is Cc1sc2ccn(CC(C)C)c(=O)c2c1C(=O)NCc1cccs1. The van der Waals surface area contributed by atoms with E-state index in [0.717, 1.165) is 14.5 Å². The molecule has 0 saturated heterocycles. The fraction of sp³-hybridized carbons (Fsp3) is 0.333. The monoisotopic (exact) mass is 360 g/mol. The maximum Gasteiger partial charge on any atom is 0.260 e. The normalized spacial score (nSPS) is 11.3. The van der Waals surface area contributed by atoms with Crippen molar-refractivity contribution in [2.75, 3.05) is 0 Å². The van der Waals surface area contributed by atoms with Gasteiger partial charge in [-0.15, -0.1) is 22.7 Å². The number of fused-ring (bicyclic) bond motifs is 1. The van der Waals surface area contributed by atoms with Gasteiger partial charge >= 0.3 is 0 Å². The van der Waals surface area contributed by atoms with E-state index in [2.05, 4.69) is 19.2 Å². The molecule has 6 heteroatoms. The molecule has 4 nitrogen and oxygen atoms in total. The van der Waals surface area contributed by atoms with Gasteiger partial charge in [-0.2, -0.15) is 0 Å². The van der Waals surface area contributed by atoms with Crippen LogP contribution in [0.2, 0.25) is 0 Å². The molecule has 24 heavy (non-hydrogen) atoms. The lowest BCUT2D eigenvalue weighted by molar-refractivity contribution is 0.0952. The van der Waals surface area contributed by atoms with Crippen LogP contribution >= 0.6 is 22.7 Å². The van der Waals surface area contributed by atoms with E-state index >= 15 is 0 Å². The van der Waals surface area contributed by atoms with Gasteiger partial charge in [0.1, 0.15) is 0 Å². The van der Waals surface area contributed by atoms with E-state index in [9.17, 15) is 9.59 Å². The number of thiophene rings is 2. The molecule has 3 aromatic heterocycles. The Morgan fingerprint density at radius 1 is 1.33 bits per heavy atom. The van der Waals surface area contributed by atoms with Gasteiger partial charge in [0.2, 0.25) is 0 Å². The number of pyridine rings is 1. The lowest BCUT2D eigenvalue weighted by Gasteiger charge is -2.09. The third kappa shape index (κ3) is 3.30. The number of carbonyl (C=O) groups excluding carboxylic acids is 1. The summed E-state index contributed by atoms with van der Waals surface area (Å²) in [6.07, 6.45) is 1.83. The average Bonchev–Trinajstić information content (AvgIpc) is 3.14. The minimum Gasteiger partial charge on any atom is -0.347 e. The molecular weight excluding hydrogens is 340 g/mol. The molecule has 0 aromatic carbocycles. The summed E-state index contributed by atoms with van der Waals surface area (Å²) in [7, 11) is 0. The standard InChI is InChI=1S/C18H20N2O2S2/c1-11(2)10-20-7-6-14-16(18(20)22)15(12(3)24-14)17(21)19-9-13-5-4-8-23-13/h4-8,11H,9-10H2,1-3H3,(H,19,21). The minimum atomic E-state index is -0.174. The third-order valence-electron chi connectivity index (χ3n) is 3.78. The Morgan fingerprint density at radius 3 is 2.79 bits per heavy atom. The van der Waals surface area contributed by atoms with Gasteiger partial charge in [-0.3, -0.25) is 9.59 Å². The quantitative estimate of drug-likeness (QED) is 0.747. The molecular formula is C18H20N2O2S2. The number of carbonyl (C=O) groups is 1. The van der Waals surface area contributed by atoms with Gasteiger partial charge in [0.05, 0.1) is 17.5 Å².